The number of carbonyl (C=O) groups excluding carboxylic acids is 1. The van der Waals surface area contributed by atoms with Gasteiger partial charge in [-0.25, -0.2) is 0 Å². The Hall–Kier alpha value is -1.36. The lowest BCUT2D eigenvalue weighted by atomic mass is 10.3. The lowest BCUT2D eigenvalue weighted by Gasteiger charge is -2.25. The zero-order chi connectivity index (χ0) is 11.4. The van der Waals surface area contributed by atoms with Gasteiger partial charge in [-0.1, -0.05) is 11.6 Å². The maximum Gasteiger partial charge on any atom is 0.237 e. The molecule has 15 heavy (non-hydrogen) atoms. The van der Waals surface area contributed by atoms with Gasteiger partial charge in [0, 0.05) is 6.04 Å². The Morgan fingerprint density at radius 1 is 1.53 bits per heavy atom. The first-order valence-corrected chi connectivity index (χ1v) is 4.92. The molecule has 0 aliphatic rings. The third kappa shape index (κ3) is 3.36. The van der Waals surface area contributed by atoms with Crippen molar-refractivity contribution in [1.82, 2.24) is 10.2 Å². The van der Waals surface area contributed by atoms with Crippen LogP contribution in [0, 0.1) is 0 Å². The van der Waals surface area contributed by atoms with Crippen molar-refractivity contribution in [3.05, 3.63) is 17.3 Å². The van der Waals surface area contributed by atoms with Crippen molar-refractivity contribution in [2.45, 2.75) is 19.9 Å². The van der Waals surface area contributed by atoms with E-state index in [1.165, 1.54) is 0 Å². The molecule has 1 aromatic heterocycles. The third-order valence-electron chi connectivity index (χ3n) is 1.86. The van der Waals surface area contributed by atoms with E-state index in [0.717, 1.165) is 0 Å². The number of nitrogens with zero attached hydrogens (tertiary/aromatic N) is 3. The molecule has 1 amide bonds. The number of nitrogens with two attached hydrogens (primary N) is 1. The van der Waals surface area contributed by atoms with Crippen molar-refractivity contribution < 1.29 is 4.79 Å². The Kier molecular flexibility index (Phi) is 3.85. The van der Waals surface area contributed by atoms with E-state index in [4.69, 9.17) is 17.3 Å². The zero-order valence-corrected chi connectivity index (χ0v) is 9.40. The molecule has 0 unspecified atom stereocenters. The molecule has 82 valence electrons. The van der Waals surface area contributed by atoms with Gasteiger partial charge >= 0.3 is 0 Å². The SMILES string of the molecule is CC(C)N(CC(N)=O)c1ccc(Cl)nn1. The smallest absolute Gasteiger partial charge is 0.237 e. The molecule has 1 heterocycles. The normalized spacial score (nSPS) is 10.4. The number of hydrogen-bond acceptors (Lipinski definition) is 4. The van der Waals surface area contributed by atoms with Gasteiger partial charge < -0.3 is 10.6 Å². The van der Waals surface area contributed by atoms with Crippen LogP contribution >= 0.6 is 11.6 Å². The van der Waals surface area contributed by atoms with Crippen molar-refractivity contribution in [1.29, 1.82) is 0 Å². The van der Waals surface area contributed by atoms with Crippen molar-refractivity contribution >= 4 is 23.3 Å². The summed E-state index contributed by atoms with van der Waals surface area (Å²) < 4.78 is 0. The standard InChI is InChI=1S/C9H13ClN4O/c1-6(2)14(5-8(11)15)9-4-3-7(10)12-13-9/h3-4,6H,5H2,1-2H3,(H2,11,15). The lowest BCUT2D eigenvalue weighted by molar-refractivity contribution is -0.116. The highest BCUT2D eigenvalue weighted by Gasteiger charge is 2.14. The van der Waals surface area contributed by atoms with E-state index in [-0.39, 0.29) is 12.6 Å². The monoisotopic (exact) mass is 228 g/mol. The number of halogens is 1. The molecular weight excluding hydrogens is 216 g/mol. The summed E-state index contributed by atoms with van der Waals surface area (Å²) in [7, 11) is 0. The van der Waals surface area contributed by atoms with Crippen LogP contribution < -0.4 is 10.6 Å². The first-order chi connectivity index (χ1) is 7.00. The molecule has 0 aliphatic heterocycles. The fourth-order valence-corrected chi connectivity index (χ4v) is 1.26. The Bertz CT molecular complexity index is 338. The minimum absolute atomic E-state index is 0.118. The van der Waals surface area contributed by atoms with Gasteiger partial charge in [0.05, 0.1) is 6.54 Å². The van der Waals surface area contributed by atoms with E-state index in [1.54, 1.807) is 17.0 Å². The molecule has 0 saturated heterocycles. The summed E-state index contributed by atoms with van der Waals surface area (Å²) in [6.45, 7) is 4.01. The molecule has 6 heteroatoms. The third-order valence-corrected chi connectivity index (χ3v) is 2.06. The molecular formula is C9H13ClN4O. The number of aromatic nitrogens is 2. The second kappa shape index (κ2) is 4.93. The molecule has 1 rings (SSSR count). The molecule has 0 saturated carbocycles. The molecule has 0 bridgehead atoms. The molecule has 2 N–H and O–H groups in total. The van der Waals surface area contributed by atoms with Crippen LogP contribution in [0.3, 0.4) is 0 Å². The Morgan fingerprint density at radius 3 is 2.60 bits per heavy atom. The summed E-state index contributed by atoms with van der Waals surface area (Å²) >= 11 is 5.62. The molecule has 0 atom stereocenters. The van der Waals surface area contributed by atoms with Gasteiger partial charge in [0.25, 0.3) is 0 Å². The van der Waals surface area contributed by atoms with Crippen molar-refractivity contribution in [3.8, 4) is 0 Å². The second-order valence-electron chi connectivity index (χ2n) is 3.40. The predicted molar refractivity (Wildman–Crippen MR) is 58.7 cm³/mol. The van der Waals surface area contributed by atoms with Gasteiger partial charge in [0.2, 0.25) is 5.91 Å². The molecule has 0 aliphatic carbocycles. The molecule has 1 aromatic rings. The number of hydrogen-bond donors (Lipinski definition) is 1. The highest BCUT2D eigenvalue weighted by molar-refractivity contribution is 6.29. The number of amides is 1. The fourth-order valence-electron chi connectivity index (χ4n) is 1.16. The molecule has 0 aromatic carbocycles. The number of rotatable bonds is 4. The summed E-state index contributed by atoms with van der Waals surface area (Å²) in [6.07, 6.45) is 0. The van der Waals surface area contributed by atoms with E-state index in [0.29, 0.717) is 11.0 Å². The first kappa shape index (κ1) is 11.7. The van der Waals surface area contributed by atoms with Gasteiger partial charge in [0.1, 0.15) is 0 Å². The second-order valence-corrected chi connectivity index (χ2v) is 3.79. The molecule has 5 nitrogen and oxygen atoms in total. The van der Waals surface area contributed by atoms with Gasteiger partial charge in [-0.3, -0.25) is 4.79 Å². The van der Waals surface area contributed by atoms with Crippen molar-refractivity contribution in [2.24, 2.45) is 5.73 Å². The van der Waals surface area contributed by atoms with Crippen LogP contribution in [0.15, 0.2) is 12.1 Å². The van der Waals surface area contributed by atoms with Gasteiger partial charge in [-0.05, 0) is 26.0 Å². The first-order valence-electron chi connectivity index (χ1n) is 4.55. The number of primary amides is 1. The maximum atomic E-state index is 10.9. The maximum absolute atomic E-state index is 10.9. The van der Waals surface area contributed by atoms with E-state index in [1.807, 2.05) is 13.8 Å². The van der Waals surface area contributed by atoms with Crippen LogP contribution in [0.2, 0.25) is 5.15 Å². The lowest BCUT2D eigenvalue weighted by Crippen LogP contribution is -2.39. The largest absolute Gasteiger partial charge is 0.368 e. The minimum Gasteiger partial charge on any atom is -0.368 e. The van der Waals surface area contributed by atoms with Crippen LogP contribution in [0.4, 0.5) is 5.82 Å². The average molecular weight is 229 g/mol. The molecule has 0 fully saturated rings. The average Bonchev–Trinajstić information content (AvgIpc) is 2.15. The summed E-state index contributed by atoms with van der Waals surface area (Å²) in [6, 6.07) is 3.45. The van der Waals surface area contributed by atoms with E-state index in [9.17, 15) is 4.79 Å². The van der Waals surface area contributed by atoms with Crippen LogP contribution in [0.1, 0.15) is 13.8 Å². The highest BCUT2D eigenvalue weighted by atomic mass is 35.5. The van der Waals surface area contributed by atoms with Crippen LogP contribution in [-0.4, -0.2) is 28.7 Å². The molecule has 0 spiro atoms. The van der Waals surface area contributed by atoms with Crippen LogP contribution in [0.25, 0.3) is 0 Å². The van der Waals surface area contributed by atoms with E-state index < -0.39 is 5.91 Å². The van der Waals surface area contributed by atoms with Crippen LogP contribution in [-0.2, 0) is 4.79 Å². The van der Waals surface area contributed by atoms with Gasteiger partial charge in [-0.15, -0.1) is 10.2 Å². The van der Waals surface area contributed by atoms with E-state index in [2.05, 4.69) is 10.2 Å². The highest BCUT2D eigenvalue weighted by Crippen LogP contribution is 2.14. The number of anilines is 1. The van der Waals surface area contributed by atoms with Crippen molar-refractivity contribution in [2.75, 3.05) is 11.4 Å². The summed E-state index contributed by atoms with van der Waals surface area (Å²) in [5.41, 5.74) is 5.14. The summed E-state index contributed by atoms with van der Waals surface area (Å²) in [4.78, 5) is 12.6. The zero-order valence-electron chi connectivity index (χ0n) is 8.64. The minimum atomic E-state index is -0.402. The van der Waals surface area contributed by atoms with Crippen molar-refractivity contribution in [3.63, 3.8) is 0 Å². The summed E-state index contributed by atoms with van der Waals surface area (Å²) in [5, 5.41) is 7.92. The quantitative estimate of drug-likeness (QED) is 0.829. The van der Waals surface area contributed by atoms with Crippen LogP contribution in [0.5, 0.6) is 0 Å². The molecule has 0 radical (unpaired) electrons. The van der Waals surface area contributed by atoms with Gasteiger partial charge in [0.15, 0.2) is 11.0 Å². The van der Waals surface area contributed by atoms with Gasteiger partial charge in [-0.2, -0.15) is 0 Å². The predicted octanol–water partition coefficient (Wildman–Crippen LogP) is 0.830. The Morgan fingerprint density at radius 2 is 2.20 bits per heavy atom. The Labute approximate surface area is 93.2 Å². The Balaban J connectivity index is 2.88. The number of carbonyl (C=O) groups is 1. The summed E-state index contributed by atoms with van der Waals surface area (Å²) in [5.74, 6) is 0.189. The fraction of sp³-hybridized carbons (Fsp3) is 0.444. The topological polar surface area (TPSA) is 72.1 Å². The van der Waals surface area contributed by atoms with E-state index >= 15 is 0 Å².